The van der Waals surface area contributed by atoms with Crippen LogP contribution in [0.2, 0.25) is 5.02 Å². The third-order valence-electron chi connectivity index (χ3n) is 3.12. The van der Waals surface area contributed by atoms with Crippen molar-refractivity contribution in [2.75, 3.05) is 17.2 Å². The Balaban J connectivity index is 1.97. The molecule has 0 fully saturated rings. The van der Waals surface area contributed by atoms with Crippen molar-refractivity contribution in [1.29, 1.82) is 0 Å². The molecule has 2 N–H and O–H groups in total. The number of hydrogen-bond donors (Lipinski definition) is 2. The van der Waals surface area contributed by atoms with Gasteiger partial charge in [-0.05, 0) is 42.8 Å². The molecule has 0 radical (unpaired) electrons. The van der Waals surface area contributed by atoms with Crippen LogP contribution in [-0.4, -0.2) is 12.5 Å². The molecule has 0 saturated carbocycles. The fourth-order valence-corrected chi connectivity index (χ4v) is 2.15. The van der Waals surface area contributed by atoms with Crippen molar-refractivity contribution in [3.8, 4) is 0 Å². The number of benzene rings is 2. The molecule has 0 bridgehead atoms. The number of hydrogen-bond acceptors (Lipinski definition) is 2. The van der Waals surface area contributed by atoms with Crippen LogP contribution < -0.4 is 10.6 Å². The summed E-state index contributed by atoms with van der Waals surface area (Å²) in [4.78, 5) is 12.1. The van der Waals surface area contributed by atoms with Crippen LogP contribution in [0.15, 0.2) is 48.5 Å². The number of amides is 1. The summed E-state index contributed by atoms with van der Waals surface area (Å²) in [5.74, 6) is -0.202. The van der Waals surface area contributed by atoms with Gasteiger partial charge in [0.25, 0.3) is 5.91 Å². The van der Waals surface area contributed by atoms with Gasteiger partial charge in [-0.3, -0.25) is 4.79 Å². The predicted octanol–water partition coefficient (Wildman–Crippen LogP) is 4.80. The van der Waals surface area contributed by atoms with E-state index in [1.165, 1.54) is 6.42 Å². The van der Waals surface area contributed by atoms with Crippen LogP contribution in [0.25, 0.3) is 0 Å². The van der Waals surface area contributed by atoms with Crippen molar-refractivity contribution < 1.29 is 4.79 Å². The lowest BCUT2D eigenvalue weighted by atomic mass is 10.2. The Bertz CT molecular complexity index is 596. The molecule has 0 saturated heterocycles. The van der Waals surface area contributed by atoms with E-state index in [1.807, 2.05) is 24.3 Å². The number of unbranched alkanes of at least 4 members (excludes halogenated alkanes) is 1. The van der Waals surface area contributed by atoms with Gasteiger partial charge in [0, 0.05) is 17.9 Å². The van der Waals surface area contributed by atoms with E-state index in [1.54, 1.807) is 24.3 Å². The van der Waals surface area contributed by atoms with E-state index in [0.717, 1.165) is 24.3 Å². The molecule has 1 amide bonds. The fraction of sp³-hybridized carbons (Fsp3) is 0.235. The van der Waals surface area contributed by atoms with Crippen molar-refractivity contribution in [2.24, 2.45) is 0 Å². The number of halogens is 1. The second kappa shape index (κ2) is 7.70. The smallest absolute Gasteiger partial charge is 0.257 e. The Hall–Kier alpha value is -2.00. The van der Waals surface area contributed by atoms with E-state index in [0.29, 0.717) is 10.6 Å². The molecular formula is C17H19ClN2O. The lowest BCUT2D eigenvalue weighted by Gasteiger charge is -2.09. The molecule has 0 aromatic heterocycles. The second-order valence-corrected chi connectivity index (χ2v) is 5.20. The molecule has 2 aromatic carbocycles. The van der Waals surface area contributed by atoms with Gasteiger partial charge in [0.15, 0.2) is 0 Å². The lowest BCUT2D eigenvalue weighted by molar-refractivity contribution is 0.102. The molecule has 0 aliphatic rings. The minimum absolute atomic E-state index is 0.202. The van der Waals surface area contributed by atoms with Crippen LogP contribution in [-0.2, 0) is 0 Å². The molecule has 2 rings (SSSR count). The van der Waals surface area contributed by atoms with Gasteiger partial charge in [-0.1, -0.05) is 37.1 Å². The minimum atomic E-state index is -0.202. The molecule has 21 heavy (non-hydrogen) atoms. The summed E-state index contributed by atoms with van der Waals surface area (Å²) in [5.41, 5.74) is 2.28. The quantitative estimate of drug-likeness (QED) is 0.752. The first kappa shape index (κ1) is 15.4. The van der Waals surface area contributed by atoms with Crippen molar-refractivity contribution in [3.05, 3.63) is 59.1 Å². The van der Waals surface area contributed by atoms with E-state index >= 15 is 0 Å². The number of nitrogens with one attached hydrogen (secondary N) is 2. The first-order valence-electron chi connectivity index (χ1n) is 7.10. The molecule has 3 nitrogen and oxygen atoms in total. The zero-order chi connectivity index (χ0) is 15.1. The van der Waals surface area contributed by atoms with Gasteiger partial charge in [0.1, 0.15) is 0 Å². The lowest BCUT2D eigenvalue weighted by Crippen LogP contribution is -2.12. The molecule has 0 aliphatic heterocycles. The standard InChI is InChI=1S/C17H19ClN2O/c1-2-3-12-19-13-8-10-14(11-9-13)20-17(21)15-6-4-5-7-16(15)18/h4-11,19H,2-3,12H2,1H3,(H,20,21). The van der Waals surface area contributed by atoms with Crippen molar-refractivity contribution >= 4 is 28.9 Å². The normalized spacial score (nSPS) is 10.2. The fourth-order valence-electron chi connectivity index (χ4n) is 1.92. The molecule has 0 heterocycles. The van der Waals surface area contributed by atoms with Gasteiger partial charge in [0.2, 0.25) is 0 Å². The molecule has 2 aromatic rings. The summed E-state index contributed by atoms with van der Waals surface area (Å²) in [6.07, 6.45) is 2.31. The second-order valence-electron chi connectivity index (χ2n) is 4.79. The highest BCUT2D eigenvalue weighted by Gasteiger charge is 2.09. The summed E-state index contributed by atoms with van der Waals surface area (Å²) < 4.78 is 0. The first-order chi connectivity index (χ1) is 10.2. The molecule has 0 spiro atoms. The Labute approximate surface area is 130 Å². The Morgan fingerprint density at radius 1 is 1.05 bits per heavy atom. The van der Waals surface area contributed by atoms with E-state index in [9.17, 15) is 4.79 Å². The van der Waals surface area contributed by atoms with Crippen LogP contribution in [0.4, 0.5) is 11.4 Å². The van der Waals surface area contributed by atoms with Gasteiger partial charge in [-0.25, -0.2) is 0 Å². The summed E-state index contributed by atoms with van der Waals surface area (Å²) in [6.45, 7) is 3.12. The highest BCUT2D eigenvalue weighted by molar-refractivity contribution is 6.34. The summed E-state index contributed by atoms with van der Waals surface area (Å²) in [7, 11) is 0. The number of rotatable bonds is 6. The van der Waals surface area contributed by atoms with Gasteiger partial charge < -0.3 is 10.6 Å². The zero-order valence-corrected chi connectivity index (χ0v) is 12.8. The van der Waals surface area contributed by atoms with E-state index in [2.05, 4.69) is 17.6 Å². The number of anilines is 2. The molecule has 0 atom stereocenters. The number of carbonyl (C=O) groups excluding carboxylic acids is 1. The van der Waals surface area contributed by atoms with Crippen LogP contribution in [0, 0.1) is 0 Å². The highest BCUT2D eigenvalue weighted by Crippen LogP contribution is 2.18. The molecular weight excluding hydrogens is 284 g/mol. The van der Waals surface area contributed by atoms with Crippen LogP contribution in [0.5, 0.6) is 0 Å². The summed E-state index contributed by atoms with van der Waals surface area (Å²) >= 11 is 6.01. The molecule has 0 unspecified atom stereocenters. The van der Waals surface area contributed by atoms with E-state index in [4.69, 9.17) is 11.6 Å². The molecule has 0 aliphatic carbocycles. The van der Waals surface area contributed by atoms with Crippen molar-refractivity contribution in [1.82, 2.24) is 0 Å². The number of carbonyl (C=O) groups is 1. The van der Waals surface area contributed by atoms with Crippen LogP contribution in [0.3, 0.4) is 0 Å². The molecule has 4 heteroatoms. The van der Waals surface area contributed by atoms with Crippen molar-refractivity contribution in [3.63, 3.8) is 0 Å². The maximum Gasteiger partial charge on any atom is 0.257 e. The van der Waals surface area contributed by atoms with Crippen LogP contribution >= 0.6 is 11.6 Å². The average Bonchev–Trinajstić information content (AvgIpc) is 2.49. The topological polar surface area (TPSA) is 41.1 Å². The predicted molar refractivity (Wildman–Crippen MR) is 89.2 cm³/mol. The van der Waals surface area contributed by atoms with Crippen LogP contribution in [0.1, 0.15) is 30.1 Å². The largest absolute Gasteiger partial charge is 0.385 e. The zero-order valence-electron chi connectivity index (χ0n) is 12.0. The average molecular weight is 303 g/mol. The van der Waals surface area contributed by atoms with Gasteiger partial charge in [0.05, 0.1) is 10.6 Å². The summed E-state index contributed by atoms with van der Waals surface area (Å²) in [5, 5.41) is 6.63. The maximum atomic E-state index is 12.1. The SMILES string of the molecule is CCCCNc1ccc(NC(=O)c2ccccc2Cl)cc1. The third kappa shape index (κ3) is 4.50. The van der Waals surface area contributed by atoms with Gasteiger partial charge >= 0.3 is 0 Å². The Morgan fingerprint density at radius 2 is 1.71 bits per heavy atom. The first-order valence-corrected chi connectivity index (χ1v) is 7.48. The third-order valence-corrected chi connectivity index (χ3v) is 3.45. The Kier molecular flexibility index (Phi) is 5.64. The van der Waals surface area contributed by atoms with Gasteiger partial charge in [-0.2, -0.15) is 0 Å². The van der Waals surface area contributed by atoms with E-state index in [-0.39, 0.29) is 5.91 Å². The maximum absolute atomic E-state index is 12.1. The Morgan fingerprint density at radius 3 is 2.38 bits per heavy atom. The summed E-state index contributed by atoms with van der Waals surface area (Å²) in [6, 6.07) is 14.7. The molecule has 110 valence electrons. The van der Waals surface area contributed by atoms with Gasteiger partial charge in [-0.15, -0.1) is 0 Å². The monoisotopic (exact) mass is 302 g/mol. The minimum Gasteiger partial charge on any atom is -0.385 e. The highest BCUT2D eigenvalue weighted by atomic mass is 35.5. The van der Waals surface area contributed by atoms with E-state index < -0.39 is 0 Å². The van der Waals surface area contributed by atoms with Crippen molar-refractivity contribution in [2.45, 2.75) is 19.8 Å².